The van der Waals surface area contributed by atoms with Crippen molar-refractivity contribution < 1.29 is 9.59 Å². The quantitative estimate of drug-likeness (QED) is 0.718. The molecule has 0 rings (SSSR count). The van der Waals surface area contributed by atoms with Gasteiger partial charge in [0.25, 0.3) is 0 Å². The predicted molar refractivity (Wildman–Crippen MR) is 77.6 cm³/mol. The minimum Gasteiger partial charge on any atom is -0.347 e. The van der Waals surface area contributed by atoms with Gasteiger partial charge >= 0.3 is 0 Å². The minimum absolute atomic E-state index is 0.0112. The molecule has 5 nitrogen and oxygen atoms in total. The van der Waals surface area contributed by atoms with Crippen molar-refractivity contribution in [1.82, 2.24) is 9.80 Å². The van der Waals surface area contributed by atoms with Crippen molar-refractivity contribution in [3.63, 3.8) is 0 Å². The minimum atomic E-state index is -0.526. The second kappa shape index (κ2) is 8.15. The Labute approximate surface area is 117 Å². The van der Waals surface area contributed by atoms with Crippen LogP contribution >= 0.6 is 0 Å². The van der Waals surface area contributed by atoms with Crippen molar-refractivity contribution >= 4 is 11.8 Å². The Morgan fingerprint density at radius 2 is 1.63 bits per heavy atom. The maximum absolute atomic E-state index is 12.7. The molecule has 0 aromatic carbocycles. The molecule has 0 aliphatic rings. The van der Waals surface area contributed by atoms with E-state index in [-0.39, 0.29) is 18.4 Å². The highest BCUT2D eigenvalue weighted by atomic mass is 16.2. The second-order valence-corrected chi connectivity index (χ2v) is 5.21. The first-order valence-electron chi connectivity index (χ1n) is 7.08. The van der Waals surface area contributed by atoms with Gasteiger partial charge < -0.3 is 15.5 Å². The molecule has 0 spiro atoms. The molecule has 0 atom stereocenters. The standard InChI is InChI=1S/C14H29N3O2/c1-6-9-17(10-12(18)16(4)5)13(19)14(7-2,8-3)11-15/h6-11,15H2,1-5H3. The summed E-state index contributed by atoms with van der Waals surface area (Å²) >= 11 is 0. The van der Waals surface area contributed by atoms with Gasteiger partial charge in [-0.05, 0) is 19.3 Å². The van der Waals surface area contributed by atoms with Gasteiger partial charge in [0.05, 0.1) is 12.0 Å². The summed E-state index contributed by atoms with van der Waals surface area (Å²) in [5.41, 5.74) is 5.29. The number of likely N-dealkylation sites (N-methyl/N-ethyl adjacent to an activating group) is 1. The van der Waals surface area contributed by atoms with Crippen LogP contribution in [-0.4, -0.2) is 55.3 Å². The lowest BCUT2D eigenvalue weighted by atomic mass is 9.81. The molecule has 0 heterocycles. The van der Waals surface area contributed by atoms with Crippen molar-refractivity contribution in [1.29, 1.82) is 0 Å². The zero-order valence-corrected chi connectivity index (χ0v) is 13.0. The van der Waals surface area contributed by atoms with Crippen LogP contribution in [0.2, 0.25) is 0 Å². The largest absolute Gasteiger partial charge is 0.347 e. The van der Waals surface area contributed by atoms with Crippen LogP contribution in [-0.2, 0) is 9.59 Å². The zero-order valence-electron chi connectivity index (χ0n) is 13.0. The van der Waals surface area contributed by atoms with Gasteiger partial charge in [-0.15, -0.1) is 0 Å². The Bertz CT molecular complexity index is 291. The monoisotopic (exact) mass is 271 g/mol. The summed E-state index contributed by atoms with van der Waals surface area (Å²) in [6, 6.07) is 0. The number of carbonyl (C=O) groups is 2. The smallest absolute Gasteiger partial charge is 0.241 e. The molecule has 2 N–H and O–H groups in total. The Morgan fingerprint density at radius 3 is 1.95 bits per heavy atom. The van der Waals surface area contributed by atoms with Gasteiger partial charge in [-0.2, -0.15) is 0 Å². The molecule has 0 fully saturated rings. The van der Waals surface area contributed by atoms with E-state index >= 15 is 0 Å². The first-order valence-corrected chi connectivity index (χ1v) is 7.08. The Kier molecular flexibility index (Phi) is 7.68. The summed E-state index contributed by atoms with van der Waals surface area (Å²) in [6.45, 7) is 7.03. The number of rotatable bonds is 8. The molecular weight excluding hydrogens is 242 g/mol. The van der Waals surface area contributed by atoms with E-state index in [1.807, 2.05) is 20.8 Å². The molecule has 0 aliphatic heterocycles. The van der Waals surface area contributed by atoms with Crippen molar-refractivity contribution in [2.24, 2.45) is 11.1 Å². The van der Waals surface area contributed by atoms with Crippen LogP contribution in [0.25, 0.3) is 0 Å². The molecule has 0 saturated carbocycles. The van der Waals surface area contributed by atoms with Crippen LogP contribution in [0.1, 0.15) is 40.0 Å². The summed E-state index contributed by atoms with van der Waals surface area (Å²) in [4.78, 5) is 27.7. The molecular formula is C14H29N3O2. The van der Waals surface area contributed by atoms with Gasteiger partial charge in [0.2, 0.25) is 11.8 Å². The summed E-state index contributed by atoms with van der Waals surface area (Å²) in [6.07, 6.45) is 2.24. The van der Waals surface area contributed by atoms with Crippen molar-refractivity contribution in [3.05, 3.63) is 0 Å². The molecule has 0 aliphatic carbocycles. The number of nitrogens with two attached hydrogens (primary N) is 1. The van der Waals surface area contributed by atoms with E-state index < -0.39 is 5.41 Å². The molecule has 0 radical (unpaired) electrons. The number of hydrogen-bond acceptors (Lipinski definition) is 3. The van der Waals surface area contributed by atoms with Crippen LogP contribution in [0.4, 0.5) is 0 Å². The highest BCUT2D eigenvalue weighted by molar-refractivity contribution is 5.88. The Morgan fingerprint density at radius 1 is 1.11 bits per heavy atom. The Balaban J connectivity index is 5.05. The highest BCUT2D eigenvalue weighted by Gasteiger charge is 2.37. The van der Waals surface area contributed by atoms with Gasteiger partial charge in [-0.1, -0.05) is 20.8 Å². The molecule has 5 heteroatoms. The number of hydrogen-bond donors (Lipinski definition) is 1. The zero-order chi connectivity index (χ0) is 15.1. The van der Waals surface area contributed by atoms with E-state index in [2.05, 4.69) is 0 Å². The fraction of sp³-hybridized carbons (Fsp3) is 0.857. The third-order valence-corrected chi connectivity index (χ3v) is 3.80. The third-order valence-electron chi connectivity index (χ3n) is 3.80. The van der Waals surface area contributed by atoms with Crippen LogP contribution in [0.3, 0.4) is 0 Å². The normalized spacial score (nSPS) is 11.3. The molecule has 0 aromatic rings. The maximum atomic E-state index is 12.7. The van der Waals surface area contributed by atoms with Gasteiger partial charge in [-0.25, -0.2) is 0 Å². The van der Waals surface area contributed by atoms with Crippen LogP contribution in [0.5, 0.6) is 0 Å². The van der Waals surface area contributed by atoms with Crippen LogP contribution in [0, 0.1) is 5.41 Å². The average Bonchev–Trinajstić information content (AvgIpc) is 2.40. The average molecular weight is 271 g/mol. The highest BCUT2D eigenvalue weighted by Crippen LogP contribution is 2.27. The van der Waals surface area contributed by atoms with Gasteiger partial charge in [0.15, 0.2) is 0 Å². The molecule has 0 aromatic heterocycles. The van der Waals surface area contributed by atoms with Gasteiger partial charge in [-0.3, -0.25) is 9.59 Å². The van der Waals surface area contributed by atoms with Crippen LogP contribution in [0.15, 0.2) is 0 Å². The molecule has 0 unspecified atom stereocenters. The summed E-state index contributed by atoms with van der Waals surface area (Å²) in [5, 5.41) is 0. The van der Waals surface area contributed by atoms with Gasteiger partial charge in [0.1, 0.15) is 0 Å². The van der Waals surface area contributed by atoms with Gasteiger partial charge in [0, 0.05) is 27.2 Å². The summed E-state index contributed by atoms with van der Waals surface area (Å²) in [7, 11) is 3.40. The van der Waals surface area contributed by atoms with E-state index in [0.29, 0.717) is 25.9 Å². The first kappa shape index (κ1) is 17.9. The fourth-order valence-electron chi connectivity index (χ4n) is 2.09. The number of amides is 2. The first-order chi connectivity index (χ1) is 8.88. The van der Waals surface area contributed by atoms with Crippen LogP contribution < -0.4 is 5.73 Å². The Hall–Kier alpha value is -1.10. The van der Waals surface area contributed by atoms with E-state index in [1.165, 1.54) is 4.90 Å². The SMILES string of the molecule is CCCN(CC(=O)N(C)C)C(=O)C(CC)(CC)CN. The summed E-state index contributed by atoms with van der Waals surface area (Å²) < 4.78 is 0. The lowest BCUT2D eigenvalue weighted by Gasteiger charge is -2.35. The van der Waals surface area contributed by atoms with Crippen molar-refractivity contribution in [2.45, 2.75) is 40.0 Å². The van der Waals surface area contributed by atoms with E-state index in [0.717, 1.165) is 6.42 Å². The van der Waals surface area contributed by atoms with E-state index in [1.54, 1.807) is 19.0 Å². The number of carbonyl (C=O) groups excluding carboxylic acids is 2. The molecule has 112 valence electrons. The van der Waals surface area contributed by atoms with Crippen molar-refractivity contribution in [3.8, 4) is 0 Å². The maximum Gasteiger partial charge on any atom is 0.241 e. The summed E-state index contributed by atoms with van der Waals surface area (Å²) in [5.74, 6) is -0.0445. The lowest BCUT2D eigenvalue weighted by Crippen LogP contribution is -2.50. The van der Waals surface area contributed by atoms with Crippen molar-refractivity contribution in [2.75, 3.05) is 33.7 Å². The fourth-order valence-corrected chi connectivity index (χ4v) is 2.09. The third kappa shape index (κ3) is 4.49. The van der Waals surface area contributed by atoms with E-state index in [4.69, 9.17) is 5.73 Å². The molecule has 0 bridgehead atoms. The molecule has 2 amide bonds. The lowest BCUT2D eigenvalue weighted by molar-refractivity contribution is -0.146. The molecule has 19 heavy (non-hydrogen) atoms. The topological polar surface area (TPSA) is 66.6 Å². The van der Waals surface area contributed by atoms with E-state index in [9.17, 15) is 9.59 Å². The molecule has 0 saturated heterocycles. The second-order valence-electron chi connectivity index (χ2n) is 5.21. The number of nitrogens with zero attached hydrogens (tertiary/aromatic N) is 2. The predicted octanol–water partition coefficient (Wildman–Crippen LogP) is 1.08.